The Morgan fingerprint density at radius 1 is 1.58 bits per heavy atom. The van der Waals surface area contributed by atoms with Crippen molar-refractivity contribution in [2.75, 3.05) is 0 Å². The van der Waals surface area contributed by atoms with E-state index in [-0.39, 0.29) is 0 Å². The average Bonchev–Trinajstić information content (AvgIpc) is 2.47. The van der Waals surface area contributed by atoms with Crippen molar-refractivity contribution in [2.24, 2.45) is 0 Å². The first-order valence-electron chi connectivity index (χ1n) is 3.18. The normalized spacial score (nSPS) is 10.0. The second-order valence-electron chi connectivity index (χ2n) is 2.21. The fraction of sp³-hybridized carbons (Fsp3) is 0. The van der Waals surface area contributed by atoms with Crippen molar-refractivity contribution in [3.8, 4) is 0 Å². The van der Waals surface area contributed by atoms with Crippen LogP contribution in [0.15, 0.2) is 12.3 Å². The molecule has 0 unspecified atom stereocenters. The molecule has 0 aliphatic rings. The van der Waals surface area contributed by atoms with Gasteiger partial charge in [0.2, 0.25) is 0 Å². The van der Waals surface area contributed by atoms with Gasteiger partial charge in [-0.2, -0.15) is 5.10 Å². The van der Waals surface area contributed by atoms with Crippen molar-refractivity contribution in [2.45, 2.75) is 0 Å². The largest absolute Gasteiger partial charge is 0.361 e. The van der Waals surface area contributed by atoms with E-state index in [1.807, 2.05) is 0 Å². The molecule has 12 heavy (non-hydrogen) atoms. The molecule has 2 aromatic rings. The summed E-state index contributed by atoms with van der Waals surface area (Å²) in [5, 5.41) is 7.77. The summed E-state index contributed by atoms with van der Waals surface area (Å²) >= 11 is 2.14. The number of hydrogen-bond donors (Lipinski definition) is 1. The summed E-state index contributed by atoms with van der Waals surface area (Å²) < 4.78 is 0.940. The van der Waals surface area contributed by atoms with E-state index in [0.29, 0.717) is 5.82 Å². The summed E-state index contributed by atoms with van der Waals surface area (Å²) in [6.07, 6.45) is 1.60. The van der Waals surface area contributed by atoms with Gasteiger partial charge in [0, 0.05) is 5.39 Å². The van der Waals surface area contributed by atoms with Gasteiger partial charge in [0.25, 0.3) is 5.82 Å². The van der Waals surface area contributed by atoms with Gasteiger partial charge in [-0.3, -0.25) is 5.10 Å². The number of nitrogens with zero attached hydrogens (tertiary/aromatic N) is 3. The number of pyridine rings is 1. The van der Waals surface area contributed by atoms with Gasteiger partial charge < -0.3 is 4.85 Å². The Morgan fingerprint density at radius 2 is 2.42 bits per heavy atom. The minimum Gasteiger partial charge on any atom is -0.361 e. The predicted molar refractivity (Wildman–Crippen MR) is 52.9 cm³/mol. The van der Waals surface area contributed by atoms with E-state index in [2.05, 4.69) is 42.6 Å². The third-order valence-corrected chi connectivity index (χ3v) is 2.32. The minimum atomic E-state index is 0.404. The summed E-state index contributed by atoms with van der Waals surface area (Å²) in [5.74, 6) is 0.404. The van der Waals surface area contributed by atoms with Gasteiger partial charge in [-0.1, -0.05) is 6.57 Å². The number of H-pyrrole nitrogens is 1. The quantitative estimate of drug-likeness (QED) is 0.588. The molecule has 2 aromatic heterocycles. The van der Waals surface area contributed by atoms with Crippen LogP contribution < -0.4 is 0 Å². The third kappa shape index (κ3) is 1.04. The third-order valence-electron chi connectivity index (χ3n) is 1.49. The van der Waals surface area contributed by atoms with Gasteiger partial charge >= 0.3 is 0 Å². The first kappa shape index (κ1) is 7.49. The molecule has 0 atom stereocenters. The van der Waals surface area contributed by atoms with Crippen molar-refractivity contribution in [3.05, 3.63) is 27.4 Å². The lowest BCUT2D eigenvalue weighted by Crippen LogP contribution is -1.72. The van der Waals surface area contributed by atoms with Crippen LogP contribution in [0, 0.1) is 10.3 Å². The number of halogens is 1. The van der Waals surface area contributed by atoms with Crippen LogP contribution in [0.4, 0.5) is 5.82 Å². The van der Waals surface area contributed by atoms with Gasteiger partial charge in [-0.05, 0) is 28.7 Å². The van der Waals surface area contributed by atoms with E-state index < -0.39 is 0 Å². The molecular weight excluding hydrogens is 267 g/mol. The maximum atomic E-state index is 6.77. The number of hydrogen-bond acceptors (Lipinski definition) is 2. The molecular formula is C7H3IN4. The molecule has 2 rings (SSSR count). The molecule has 1 N–H and O–H groups in total. The Labute approximate surface area is 82.0 Å². The number of fused-ring (bicyclic) bond motifs is 1. The van der Waals surface area contributed by atoms with Crippen LogP contribution >= 0.6 is 22.6 Å². The molecule has 0 aliphatic heterocycles. The highest BCUT2D eigenvalue weighted by molar-refractivity contribution is 14.1. The van der Waals surface area contributed by atoms with Gasteiger partial charge in [-0.15, -0.1) is 4.98 Å². The topological polar surface area (TPSA) is 45.9 Å². The van der Waals surface area contributed by atoms with E-state index >= 15 is 0 Å². The van der Waals surface area contributed by atoms with Gasteiger partial charge in [0.05, 0.1) is 0 Å². The number of aromatic amines is 1. The Morgan fingerprint density at radius 3 is 3.17 bits per heavy atom. The molecule has 0 spiro atoms. The van der Waals surface area contributed by atoms with Gasteiger partial charge in [-0.25, -0.2) is 0 Å². The van der Waals surface area contributed by atoms with Gasteiger partial charge in [0.15, 0.2) is 0 Å². The van der Waals surface area contributed by atoms with Crippen molar-refractivity contribution in [3.63, 3.8) is 0 Å². The molecule has 2 heterocycles. The molecule has 0 radical (unpaired) electrons. The lowest BCUT2D eigenvalue weighted by molar-refractivity contribution is 1.09. The Hall–Kier alpha value is -1.16. The van der Waals surface area contributed by atoms with E-state index in [1.54, 1.807) is 12.3 Å². The smallest absolute Gasteiger partial charge is 0.270 e. The summed E-state index contributed by atoms with van der Waals surface area (Å²) in [4.78, 5) is 7.13. The summed E-state index contributed by atoms with van der Waals surface area (Å²) in [6, 6.07) is 1.73. The van der Waals surface area contributed by atoms with Crippen molar-refractivity contribution >= 4 is 39.3 Å². The van der Waals surface area contributed by atoms with Crippen molar-refractivity contribution < 1.29 is 0 Å². The number of aromatic nitrogens is 3. The van der Waals surface area contributed by atoms with Gasteiger partial charge in [0.1, 0.15) is 15.4 Å². The number of nitrogens with one attached hydrogen (secondary N) is 1. The summed E-state index contributed by atoms with van der Waals surface area (Å²) in [7, 11) is 0. The first-order chi connectivity index (χ1) is 5.81. The fourth-order valence-corrected chi connectivity index (χ4v) is 1.49. The Bertz CT molecular complexity index is 468. The molecule has 0 fully saturated rings. The monoisotopic (exact) mass is 270 g/mol. The summed E-state index contributed by atoms with van der Waals surface area (Å²) in [6.45, 7) is 6.77. The number of rotatable bonds is 0. The first-order valence-corrected chi connectivity index (χ1v) is 4.26. The molecule has 58 valence electrons. The zero-order chi connectivity index (χ0) is 8.55. The van der Waals surface area contributed by atoms with E-state index in [1.165, 1.54) is 0 Å². The lowest BCUT2D eigenvalue weighted by Gasteiger charge is -1.86. The second-order valence-corrected chi connectivity index (χ2v) is 3.29. The average molecular weight is 270 g/mol. The highest BCUT2D eigenvalue weighted by atomic mass is 127. The fourth-order valence-electron chi connectivity index (χ4n) is 0.933. The molecule has 4 nitrogen and oxygen atoms in total. The van der Waals surface area contributed by atoms with Crippen LogP contribution in [0.25, 0.3) is 15.7 Å². The second kappa shape index (κ2) is 2.71. The van der Waals surface area contributed by atoms with Crippen LogP contribution in [0.2, 0.25) is 0 Å². The molecule has 0 aromatic carbocycles. The molecule has 0 amide bonds. The van der Waals surface area contributed by atoms with Crippen molar-refractivity contribution in [1.82, 2.24) is 15.2 Å². The van der Waals surface area contributed by atoms with E-state index in [9.17, 15) is 0 Å². The van der Waals surface area contributed by atoms with Crippen LogP contribution in [0.1, 0.15) is 0 Å². The standard InChI is InChI=1S/C7H3IN4/c1-9-6-2-4-5(3-10-6)11-12-7(4)8/h2-3H,(H,11,12). The minimum absolute atomic E-state index is 0.404. The van der Waals surface area contributed by atoms with E-state index in [0.717, 1.165) is 14.6 Å². The molecule has 0 aliphatic carbocycles. The zero-order valence-corrected chi connectivity index (χ0v) is 8.03. The van der Waals surface area contributed by atoms with Crippen LogP contribution in [-0.2, 0) is 0 Å². The van der Waals surface area contributed by atoms with Crippen molar-refractivity contribution in [1.29, 1.82) is 0 Å². The van der Waals surface area contributed by atoms with E-state index in [4.69, 9.17) is 6.57 Å². The van der Waals surface area contributed by atoms with Crippen LogP contribution in [0.5, 0.6) is 0 Å². The molecule has 0 saturated heterocycles. The lowest BCUT2D eigenvalue weighted by atomic mass is 10.3. The molecule has 0 bridgehead atoms. The maximum Gasteiger partial charge on any atom is 0.270 e. The highest BCUT2D eigenvalue weighted by Crippen LogP contribution is 2.20. The maximum absolute atomic E-state index is 6.77. The highest BCUT2D eigenvalue weighted by Gasteiger charge is 2.04. The van der Waals surface area contributed by atoms with Crippen LogP contribution in [-0.4, -0.2) is 15.2 Å². The SMILES string of the molecule is [C-]#[N+]c1cc2c(I)[nH]nc2cn1. The Balaban J connectivity index is 2.82. The summed E-state index contributed by atoms with van der Waals surface area (Å²) in [5.41, 5.74) is 0.798. The molecule has 0 saturated carbocycles. The zero-order valence-electron chi connectivity index (χ0n) is 5.87. The predicted octanol–water partition coefficient (Wildman–Crippen LogP) is 2.11. The van der Waals surface area contributed by atoms with Crippen LogP contribution in [0.3, 0.4) is 0 Å². The Kier molecular flexibility index (Phi) is 1.69. The molecule has 5 heteroatoms.